The van der Waals surface area contributed by atoms with Crippen LogP contribution in [0.15, 0.2) is 48.6 Å². The fourth-order valence-electron chi connectivity index (χ4n) is 8.21. The highest BCUT2D eigenvalue weighted by molar-refractivity contribution is 5.70. The highest BCUT2D eigenvalue weighted by Gasteiger charge is 2.17. The van der Waals surface area contributed by atoms with Crippen LogP contribution in [0.25, 0.3) is 0 Å². The van der Waals surface area contributed by atoms with E-state index < -0.39 is 6.10 Å². The average Bonchev–Trinajstić information content (AvgIpc) is 3.30. The summed E-state index contributed by atoms with van der Waals surface area (Å²) in [5.41, 5.74) is 0. The summed E-state index contributed by atoms with van der Waals surface area (Å²) in [5.74, 6) is -0.407. The summed E-state index contributed by atoms with van der Waals surface area (Å²) in [6.07, 6.45) is 68.4. The zero-order chi connectivity index (χ0) is 46.3. The first-order valence-corrected chi connectivity index (χ1v) is 28.2. The Labute approximate surface area is 399 Å². The Balaban J connectivity index is 4.27. The molecule has 0 aromatic rings. The number of unbranched alkanes of at least 4 members (excludes halogenated alkanes) is 33. The molecule has 0 bridgehead atoms. The van der Waals surface area contributed by atoms with E-state index in [1.165, 1.54) is 180 Å². The molecule has 0 aliphatic rings. The molecule has 0 rings (SSSR count). The summed E-state index contributed by atoms with van der Waals surface area (Å²) in [7, 11) is 0. The molecule has 0 fully saturated rings. The first-order valence-electron chi connectivity index (χ1n) is 28.2. The van der Waals surface area contributed by atoms with E-state index in [9.17, 15) is 9.59 Å². The van der Waals surface area contributed by atoms with Gasteiger partial charge in [-0.15, -0.1) is 0 Å². The third kappa shape index (κ3) is 52.5. The van der Waals surface area contributed by atoms with Gasteiger partial charge in [0.1, 0.15) is 6.61 Å². The number of carbonyl (C=O) groups excluding carboxylic acids is 2. The van der Waals surface area contributed by atoms with E-state index >= 15 is 0 Å². The summed E-state index contributed by atoms with van der Waals surface area (Å²) >= 11 is 0. The minimum absolute atomic E-state index is 0.0776. The van der Waals surface area contributed by atoms with Gasteiger partial charge in [-0.1, -0.05) is 268 Å². The Kier molecular flexibility index (Phi) is 53.3. The zero-order valence-electron chi connectivity index (χ0n) is 43.1. The van der Waals surface area contributed by atoms with Crippen LogP contribution in [0.5, 0.6) is 0 Å². The van der Waals surface area contributed by atoms with Crippen molar-refractivity contribution < 1.29 is 23.8 Å². The number of carbonyl (C=O) groups is 2. The molecular weight excluding hydrogens is 789 g/mol. The van der Waals surface area contributed by atoms with Gasteiger partial charge in [0.25, 0.3) is 0 Å². The second kappa shape index (κ2) is 55.2. The Morgan fingerprint density at radius 3 is 1.12 bits per heavy atom. The summed E-state index contributed by atoms with van der Waals surface area (Å²) in [5, 5.41) is 0. The largest absolute Gasteiger partial charge is 0.462 e. The number of rotatable bonds is 52. The van der Waals surface area contributed by atoms with Crippen LogP contribution >= 0.6 is 0 Å². The summed E-state index contributed by atoms with van der Waals surface area (Å²) in [6.45, 7) is 7.75. The molecule has 374 valence electrons. The predicted octanol–water partition coefficient (Wildman–Crippen LogP) is 19.1. The summed E-state index contributed by atoms with van der Waals surface area (Å²) < 4.78 is 17.5. The summed E-state index contributed by atoms with van der Waals surface area (Å²) in [6, 6.07) is 0. The lowest BCUT2D eigenvalue weighted by Gasteiger charge is -2.18. The molecule has 5 heteroatoms. The van der Waals surface area contributed by atoms with Crippen LogP contribution < -0.4 is 0 Å². The van der Waals surface area contributed by atoms with Crippen molar-refractivity contribution in [1.29, 1.82) is 0 Å². The van der Waals surface area contributed by atoms with Gasteiger partial charge >= 0.3 is 11.9 Å². The van der Waals surface area contributed by atoms with Crippen LogP contribution in [0.2, 0.25) is 0 Å². The van der Waals surface area contributed by atoms with Gasteiger partial charge in [0.15, 0.2) is 6.10 Å². The standard InChI is InChI=1S/C59H108O5/c1-4-7-10-13-16-19-22-25-28-30-32-34-37-40-43-46-49-52-58(60)63-56-57(55-62-54-51-48-45-42-39-36-27-24-21-18-15-12-9-6-3)64-59(61)53-50-47-44-41-38-35-33-31-29-26-23-20-17-14-11-8-5-2/h7,10,16,19,25,28,32,34,57H,4-6,8-9,11-15,17-18,20-24,26-27,29-31,33,35-56H2,1-3H3/b10-7-,19-16-,28-25-,34-32-. The van der Waals surface area contributed by atoms with E-state index in [-0.39, 0.29) is 25.2 Å². The Morgan fingerprint density at radius 1 is 0.359 bits per heavy atom. The van der Waals surface area contributed by atoms with Gasteiger partial charge in [0.2, 0.25) is 0 Å². The molecule has 0 spiro atoms. The van der Waals surface area contributed by atoms with Crippen molar-refractivity contribution in [2.45, 2.75) is 297 Å². The van der Waals surface area contributed by atoms with Crippen molar-refractivity contribution in [3.05, 3.63) is 48.6 Å². The van der Waals surface area contributed by atoms with Crippen molar-refractivity contribution in [3.8, 4) is 0 Å². The topological polar surface area (TPSA) is 61.8 Å². The van der Waals surface area contributed by atoms with Crippen molar-refractivity contribution in [3.63, 3.8) is 0 Å². The van der Waals surface area contributed by atoms with Gasteiger partial charge in [-0.25, -0.2) is 0 Å². The molecule has 0 saturated carbocycles. The number of hydrogen-bond donors (Lipinski definition) is 0. The molecule has 1 atom stereocenters. The second-order valence-electron chi connectivity index (χ2n) is 18.8. The highest BCUT2D eigenvalue weighted by Crippen LogP contribution is 2.16. The van der Waals surface area contributed by atoms with E-state index in [0.717, 1.165) is 77.0 Å². The van der Waals surface area contributed by atoms with Gasteiger partial charge in [-0.05, 0) is 57.8 Å². The Hall–Kier alpha value is -2.14. The maximum atomic E-state index is 12.8. The van der Waals surface area contributed by atoms with Crippen molar-refractivity contribution in [2.24, 2.45) is 0 Å². The van der Waals surface area contributed by atoms with Gasteiger partial charge in [0, 0.05) is 19.4 Å². The molecule has 0 amide bonds. The van der Waals surface area contributed by atoms with Gasteiger partial charge in [-0.3, -0.25) is 9.59 Å². The normalized spacial score (nSPS) is 12.5. The SMILES string of the molecule is CC/C=C\C/C=C\C/C=C\C/C=C\CCCCCCC(=O)OCC(COCCCCCCCCCCCCCCCC)OC(=O)CCCCCCCCCCCCCCCCCCC. The molecule has 0 aromatic carbocycles. The Morgan fingerprint density at radius 2 is 0.703 bits per heavy atom. The van der Waals surface area contributed by atoms with Crippen LogP contribution in [-0.2, 0) is 23.8 Å². The number of ether oxygens (including phenoxy) is 3. The lowest BCUT2D eigenvalue weighted by Crippen LogP contribution is -2.30. The molecule has 64 heavy (non-hydrogen) atoms. The molecule has 5 nitrogen and oxygen atoms in total. The minimum atomic E-state index is -0.542. The van der Waals surface area contributed by atoms with E-state index in [1.54, 1.807) is 0 Å². The van der Waals surface area contributed by atoms with Crippen LogP contribution in [0.3, 0.4) is 0 Å². The first-order chi connectivity index (χ1) is 31.6. The van der Waals surface area contributed by atoms with Crippen LogP contribution in [0.1, 0.15) is 290 Å². The van der Waals surface area contributed by atoms with Gasteiger partial charge in [-0.2, -0.15) is 0 Å². The van der Waals surface area contributed by atoms with Crippen LogP contribution in [-0.4, -0.2) is 37.9 Å². The van der Waals surface area contributed by atoms with Gasteiger partial charge < -0.3 is 14.2 Å². The molecule has 0 heterocycles. The maximum Gasteiger partial charge on any atom is 0.306 e. The van der Waals surface area contributed by atoms with E-state index in [4.69, 9.17) is 14.2 Å². The molecule has 0 aromatic heterocycles. The lowest BCUT2D eigenvalue weighted by atomic mass is 10.0. The van der Waals surface area contributed by atoms with E-state index in [0.29, 0.717) is 19.4 Å². The van der Waals surface area contributed by atoms with Crippen molar-refractivity contribution >= 4 is 11.9 Å². The maximum absolute atomic E-state index is 12.8. The predicted molar refractivity (Wildman–Crippen MR) is 279 cm³/mol. The smallest absolute Gasteiger partial charge is 0.306 e. The highest BCUT2D eigenvalue weighted by atomic mass is 16.6. The van der Waals surface area contributed by atoms with Gasteiger partial charge in [0.05, 0.1) is 6.61 Å². The fourth-order valence-corrected chi connectivity index (χ4v) is 8.21. The van der Waals surface area contributed by atoms with E-state index in [2.05, 4.69) is 69.4 Å². The minimum Gasteiger partial charge on any atom is -0.462 e. The number of esters is 2. The third-order valence-electron chi connectivity index (χ3n) is 12.4. The zero-order valence-corrected chi connectivity index (χ0v) is 43.1. The van der Waals surface area contributed by atoms with Crippen LogP contribution in [0.4, 0.5) is 0 Å². The molecule has 1 unspecified atom stereocenters. The average molecular weight is 898 g/mol. The molecule has 0 aliphatic heterocycles. The lowest BCUT2D eigenvalue weighted by molar-refractivity contribution is -0.163. The molecular formula is C59H108O5. The number of allylic oxidation sites excluding steroid dienone is 8. The molecule has 0 saturated heterocycles. The fraction of sp³-hybridized carbons (Fsp3) is 0.831. The second-order valence-corrected chi connectivity index (χ2v) is 18.8. The van der Waals surface area contributed by atoms with Crippen LogP contribution in [0, 0.1) is 0 Å². The first kappa shape index (κ1) is 61.9. The molecule has 0 aliphatic carbocycles. The van der Waals surface area contributed by atoms with E-state index in [1.807, 2.05) is 0 Å². The molecule has 0 radical (unpaired) electrons. The van der Waals surface area contributed by atoms with Crippen molar-refractivity contribution in [1.82, 2.24) is 0 Å². The quantitative estimate of drug-likeness (QED) is 0.0346. The van der Waals surface area contributed by atoms with Crippen molar-refractivity contribution in [2.75, 3.05) is 19.8 Å². The Bertz CT molecular complexity index is 1060. The molecule has 0 N–H and O–H groups in total. The summed E-state index contributed by atoms with van der Waals surface area (Å²) in [4.78, 5) is 25.5. The monoisotopic (exact) mass is 897 g/mol. The number of hydrogen-bond acceptors (Lipinski definition) is 5. The third-order valence-corrected chi connectivity index (χ3v) is 12.4.